The van der Waals surface area contributed by atoms with Crippen molar-refractivity contribution in [1.82, 2.24) is 5.32 Å². The predicted octanol–water partition coefficient (Wildman–Crippen LogP) is 4.22. The van der Waals surface area contributed by atoms with E-state index in [2.05, 4.69) is 10.3 Å². The van der Waals surface area contributed by atoms with Crippen LogP contribution in [-0.2, 0) is 19.7 Å². The molecule has 2 aromatic rings. The van der Waals surface area contributed by atoms with Gasteiger partial charge in [-0.05, 0) is 89.3 Å². The van der Waals surface area contributed by atoms with Crippen LogP contribution in [0.4, 0.5) is 0 Å². The van der Waals surface area contributed by atoms with Crippen molar-refractivity contribution in [1.29, 1.82) is 0 Å². The molecule has 2 aromatic carbocycles. The Morgan fingerprint density at radius 2 is 1.97 bits per heavy atom. The van der Waals surface area contributed by atoms with Crippen LogP contribution in [0.25, 0.3) is 6.08 Å². The molecule has 1 N–H and O–H groups in total. The smallest absolute Gasteiger partial charge is 0.339 e. The Bertz CT molecular complexity index is 1240. The van der Waals surface area contributed by atoms with E-state index in [9.17, 15) is 18.0 Å². The summed E-state index contributed by atoms with van der Waals surface area (Å²) in [6, 6.07) is 8.81. The van der Waals surface area contributed by atoms with E-state index in [0.717, 1.165) is 11.8 Å². The number of hydrogen-bond donors (Lipinski definition) is 1. The Balaban J connectivity index is 1.93. The van der Waals surface area contributed by atoms with Gasteiger partial charge in [0.15, 0.2) is 16.7 Å². The van der Waals surface area contributed by atoms with Gasteiger partial charge >= 0.3 is 10.1 Å². The standard InChI is InChI=1S/C20H16ClIN2O6S2/c1-3-29-16-9-12(10-17-19(26)24-20(31-17)23-11(2)25)8-15(22)18(16)30-32(27,28)14-6-4-13(21)5-7-14/h4-10H,3H2,1-2H3,(H,23,24,25,26)/b17-10+. The topological polar surface area (TPSA) is 111 Å². The Hall–Kier alpha value is -2.09. The first kappa shape index (κ1) is 24.6. The third kappa shape index (κ3) is 6.03. The molecule has 1 aliphatic rings. The zero-order chi connectivity index (χ0) is 23.5. The number of hydrogen-bond acceptors (Lipinski definition) is 7. The number of thioether (sulfide) groups is 1. The molecule has 0 radical (unpaired) electrons. The Kier molecular flexibility index (Phi) is 7.85. The van der Waals surface area contributed by atoms with Crippen LogP contribution in [0.15, 0.2) is 51.2 Å². The van der Waals surface area contributed by atoms with Gasteiger partial charge in [-0.2, -0.15) is 13.4 Å². The summed E-state index contributed by atoms with van der Waals surface area (Å²) in [7, 11) is -4.13. The largest absolute Gasteiger partial charge is 0.490 e. The summed E-state index contributed by atoms with van der Waals surface area (Å²) in [4.78, 5) is 27.3. The normalized spacial score (nSPS) is 14.9. The van der Waals surface area contributed by atoms with E-state index in [1.807, 2.05) is 22.6 Å². The van der Waals surface area contributed by atoms with Crippen molar-refractivity contribution in [3.63, 3.8) is 0 Å². The summed E-state index contributed by atoms with van der Waals surface area (Å²) in [5.41, 5.74) is 0.573. The third-order valence-electron chi connectivity index (χ3n) is 3.83. The van der Waals surface area contributed by atoms with Crippen molar-refractivity contribution in [3.05, 3.63) is 55.5 Å². The molecule has 0 spiro atoms. The molecular formula is C20H16ClIN2O6S2. The fraction of sp³-hybridized carbons (Fsp3) is 0.150. The number of amidine groups is 1. The van der Waals surface area contributed by atoms with Gasteiger partial charge < -0.3 is 14.2 Å². The lowest BCUT2D eigenvalue weighted by atomic mass is 10.2. The predicted molar refractivity (Wildman–Crippen MR) is 131 cm³/mol. The van der Waals surface area contributed by atoms with Crippen LogP contribution in [0.1, 0.15) is 19.4 Å². The molecule has 8 nitrogen and oxygen atoms in total. The zero-order valence-corrected chi connectivity index (χ0v) is 21.3. The number of amides is 2. The zero-order valence-electron chi connectivity index (χ0n) is 16.7. The maximum absolute atomic E-state index is 12.7. The minimum Gasteiger partial charge on any atom is -0.490 e. The number of rotatable bonds is 6. The number of carbonyl (C=O) groups is 2. The van der Waals surface area contributed by atoms with Gasteiger partial charge in [0.05, 0.1) is 15.1 Å². The second-order valence-electron chi connectivity index (χ2n) is 6.27. The highest BCUT2D eigenvalue weighted by molar-refractivity contribution is 14.1. The Morgan fingerprint density at radius 3 is 2.59 bits per heavy atom. The van der Waals surface area contributed by atoms with Crippen LogP contribution in [0.2, 0.25) is 5.02 Å². The molecule has 2 amide bonds. The number of nitrogens with zero attached hydrogens (tertiary/aromatic N) is 1. The molecule has 1 heterocycles. The summed E-state index contributed by atoms with van der Waals surface area (Å²) >= 11 is 8.79. The molecule has 168 valence electrons. The van der Waals surface area contributed by atoms with Crippen LogP contribution in [-0.4, -0.2) is 32.0 Å². The summed E-state index contributed by atoms with van der Waals surface area (Å²) in [6.07, 6.45) is 1.58. The van der Waals surface area contributed by atoms with Gasteiger partial charge in [-0.25, -0.2) is 0 Å². The van der Waals surface area contributed by atoms with Crippen LogP contribution >= 0.6 is 46.0 Å². The summed E-state index contributed by atoms with van der Waals surface area (Å²) < 4.78 is 36.9. The van der Waals surface area contributed by atoms with Crippen molar-refractivity contribution in [2.75, 3.05) is 6.61 Å². The van der Waals surface area contributed by atoms with Crippen LogP contribution in [0.3, 0.4) is 0 Å². The molecule has 0 saturated carbocycles. The van der Waals surface area contributed by atoms with Crippen molar-refractivity contribution in [3.8, 4) is 11.5 Å². The molecule has 0 aliphatic carbocycles. The Labute approximate surface area is 207 Å². The van der Waals surface area contributed by atoms with Crippen molar-refractivity contribution in [2.24, 2.45) is 4.99 Å². The van der Waals surface area contributed by atoms with E-state index in [1.54, 1.807) is 25.1 Å². The maximum Gasteiger partial charge on any atom is 0.339 e. The van der Waals surface area contributed by atoms with E-state index in [0.29, 0.717) is 19.1 Å². The molecule has 12 heteroatoms. The molecular weight excluding hydrogens is 591 g/mol. The lowest BCUT2D eigenvalue weighted by molar-refractivity contribution is -0.117. The number of aliphatic imine (C=N–C) groups is 1. The van der Waals surface area contributed by atoms with Crippen LogP contribution < -0.4 is 14.2 Å². The number of nitrogens with one attached hydrogen (secondary N) is 1. The second-order valence-corrected chi connectivity index (χ2v) is 10.4. The molecule has 0 aromatic heterocycles. The lowest BCUT2D eigenvalue weighted by Gasteiger charge is -2.14. The van der Waals surface area contributed by atoms with Gasteiger partial charge in [-0.3, -0.25) is 9.59 Å². The van der Waals surface area contributed by atoms with Gasteiger partial charge in [0.25, 0.3) is 5.91 Å². The summed E-state index contributed by atoms with van der Waals surface area (Å²) in [5, 5.41) is 3.07. The van der Waals surface area contributed by atoms with E-state index in [1.165, 1.54) is 31.2 Å². The van der Waals surface area contributed by atoms with Gasteiger partial charge in [-0.15, -0.1) is 0 Å². The fourth-order valence-corrected chi connectivity index (χ4v) is 5.37. The van der Waals surface area contributed by atoms with Crippen molar-refractivity contribution < 1.29 is 26.9 Å². The molecule has 1 aliphatic heterocycles. The number of benzene rings is 2. The van der Waals surface area contributed by atoms with E-state index in [4.69, 9.17) is 20.5 Å². The Morgan fingerprint density at radius 1 is 1.28 bits per heavy atom. The van der Waals surface area contributed by atoms with Crippen molar-refractivity contribution >= 4 is 79.1 Å². The average molecular weight is 607 g/mol. The fourth-order valence-electron chi connectivity index (χ4n) is 2.54. The summed E-state index contributed by atoms with van der Waals surface area (Å²) in [5.74, 6) is -0.591. The van der Waals surface area contributed by atoms with E-state index >= 15 is 0 Å². The first-order valence-electron chi connectivity index (χ1n) is 9.05. The first-order chi connectivity index (χ1) is 15.1. The first-order valence-corrected chi connectivity index (χ1v) is 12.7. The molecule has 0 fully saturated rings. The number of carbonyl (C=O) groups excluding carboxylic acids is 2. The van der Waals surface area contributed by atoms with Gasteiger partial charge in [-0.1, -0.05) is 11.6 Å². The van der Waals surface area contributed by atoms with Crippen LogP contribution in [0, 0.1) is 3.57 Å². The average Bonchev–Trinajstić information content (AvgIpc) is 3.03. The van der Waals surface area contributed by atoms with E-state index in [-0.39, 0.29) is 34.1 Å². The molecule has 0 saturated heterocycles. The highest BCUT2D eigenvalue weighted by Gasteiger charge is 2.25. The molecule has 0 atom stereocenters. The number of halogens is 2. The molecule has 0 unspecified atom stereocenters. The van der Waals surface area contributed by atoms with Crippen LogP contribution in [0.5, 0.6) is 11.5 Å². The molecule has 32 heavy (non-hydrogen) atoms. The minimum atomic E-state index is -4.13. The quantitative estimate of drug-likeness (QED) is 0.298. The molecule has 3 rings (SSSR count). The highest BCUT2D eigenvalue weighted by Crippen LogP contribution is 2.38. The monoisotopic (exact) mass is 606 g/mol. The van der Waals surface area contributed by atoms with Gasteiger partial charge in [0.1, 0.15) is 4.90 Å². The molecule has 0 bridgehead atoms. The van der Waals surface area contributed by atoms with Gasteiger partial charge in [0.2, 0.25) is 5.91 Å². The second kappa shape index (κ2) is 10.2. The lowest BCUT2D eigenvalue weighted by Crippen LogP contribution is -2.23. The highest BCUT2D eigenvalue weighted by atomic mass is 127. The van der Waals surface area contributed by atoms with Crippen molar-refractivity contribution in [2.45, 2.75) is 18.7 Å². The third-order valence-corrected chi connectivity index (χ3v) is 7.02. The maximum atomic E-state index is 12.7. The number of ether oxygens (including phenoxy) is 1. The van der Waals surface area contributed by atoms with Gasteiger partial charge in [0, 0.05) is 11.9 Å². The summed E-state index contributed by atoms with van der Waals surface area (Å²) in [6.45, 7) is 3.33. The van der Waals surface area contributed by atoms with E-state index < -0.39 is 16.0 Å². The SMILES string of the molecule is CCOc1cc(/C=C2/SC(NC(C)=O)=NC2=O)cc(I)c1OS(=O)(=O)c1ccc(Cl)cc1. The minimum absolute atomic E-state index is 0.0325.